The van der Waals surface area contributed by atoms with Crippen molar-refractivity contribution in [3.05, 3.63) is 65.2 Å². The van der Waals surface area contributed by atoms with Gasteiger partial charge in [-0.05, 0) is 30.2 Å². The van der Waals surface area contributed by atoms with Gasteiger partial charge in [0, 0.05) is 0 Å². The van der Waals surface area contributed by atoms with Gasteiger partial charge in [0.2, 0.25) is 0 Å². The van der Waals surface area contributed by atoms with Gasteiger partial charge in [-0.25, -0.2) is 0 Å². The highest BCUT2D eigenvalue weighted by Gasteiger charge is 2.21. The van der Waals surface area contributed by atoms with Gasteiger partial charge in [-0.1, -0.05) is 42.0 Å². The van der Waals surface area contributed by atoms with E-state index in [1.165, 1.54) is 0 Å². The van der Waals surface area contributed by atoms with Crippen molar-refractivity contribution in [2.45, 2.75) is 24.5 Å². The third-order valence-electron chi connectivity index (χ3n) is 3.90. The predicted octanol–water partition coefficient (Wildman–Crippen LogP) is 2.99. The van der Waals surface area contributed by atoms with Crippen LogP contribution in [0.3, 0.4) is 0 Å². The predicted molar refractivity (Wildman–Crippen MR) is 89.1 cm³/mol. The number of aryl methyl sites for hydroxylation is 1. The fraction of sp³-hybridized carbons (Fsp3) is 0.333. The lowest BCUT2D eigenvalue weighted by atomic mass is 10.0. The summed E-state index contributed by atoms with van der Waals surface area (Å²) in [5.41, 5.74) is 2.67. The second-order valence-electron chi connectivity index (χ2n) is 5.66. The Hall–Kier alpha value is -1.73. The molecule has 0 aliphatic carbocycles. The Bertz CT molecular complexity index is 777. The van der Waals surface area contributed by atoms with E-state index >= 15 is 0 Å². The molecule has 0 spiro atoms. The van der Waals surface area contributed by atoms with Gasteiger partial charge >= 0.3 is 0 Å². The highest BCUT2D eigenvalue weighted by molar-refractivity contribution is 7.86. The van der Waals surface area contributed by atoms with Crippen LogP contribution in [-0.4, -0.2) is 28.2 Å². The zero-order valence-corrected chi connectivity index (χ0v) is 14.3. The quantitative estimate of drug-likeness (QED) is 0.778. The van der Waals surface area contributed by atoms with Gasteiger partial charge in [-0.3, -0.25) is 4.18 Å². The van der Waals surface area contributed by atoms with Crippen molar-refractivity contribution in [2.24, 2.45) is 0 Å². The second kappa shape index (κ2) is 7.44. The molecule has 1 aliphatic heterocycles. The molecule has 2 aromatic carbocycles. The van der Waals surface area contributed by atoms with Crippen molar-refractivity contribution >= 4 is 10.1 Å². The summed E-state index contributed by atoms with van der Waals surface area (Å²) in [6.45, 7) is 3.44. The van der Waals surface area contributed by atoms with Crippen LogP contribution < -0.4 is 0 Å². The maximum absolute atomic E-state index is 12.3. The summed E-state index contributed by atoms with van der Waals surface area (Å²) in [5.74, 6) is 0. The minimum Gasteiger partial charge on any atom is -0.376 e. The van der Waals surface area contributed by atoms with Crippen LogP contribution in [0.15, 0.2) is 53.4 Å². The van der Waals surface area contributed by atoms with E-state index in [-0.39, 0.29) is 17.6 Å². The minimum absolute atomic E-state index is 0.0355. The van der Waals surface area contributed by atoms with Crippen molar-refractivity contribution in [1.82, 2.24) is 0 Å². The summed E-state index contributed by atoms with van der Waals surface area (Å²) < 4.78 is 41.0. The van der Waals surface area contributed by atoms with Gasteiger partial charge in [0.15, 0.2) is 0 Å². The molecule has 3 rings (SSSR count). The zero-order chi connectivity index (χ0) is 17.0. The molecule has 0 saturated carbocycles. The Morgan fingerprint density at radius 2 is 1.83 bits per heavy atom. The molecule has 6 heteroatoms. The van der Waals surface area contributed by atoms with Gasteiger partial charge in [0.05, 0.1) is 31.3 Å². The van der Waals surface area contributed by atoms with E-state index in [4.69, 9.17) is 13.7 Å². The molecule has 2 aromatic rings. The second-order valence-corrected chi connectivity index (χ2v) is 7.28. The average molecular weight is 348 g/mol. The monoisotopic (exact) mass is 348 g/mol. The van der Waals surface area contributed by atoms with Crippen LogP contribution >= 0.6 is 0 Å². The molecule has 5 nitrogen and oxygen atoms in total. The van der Waals surface area contributed by atoms with Gasteiger partial charge in [-0.2, -0.15) is 8.42 Å². The molecule has 0 radical (unpaired) electrons. The Kier molecular flexibility index (Phi) is 5.30. The third-order valence-corrected chi connectivity index (χ3v) is 5.17. The maximum atomic E-state index is 12.3. The highest BCUT2D eigenvalue weighted by Crippen LogP contribution is 2.26. The lowest BCUT2D eigenvalue weighted by Gasteiger charge is -2.25. The van der Waals surface area contributed by atoms with Gasteiger partial charge in [0.25, 0.3) is 10.1 Å². The largest absolute Gasteiger partial charge is 0.376 e. The number of benzene rings is 2. The molecule has 1 heterocycles. The summed E-state index contributed by atoms with van der Waals surface area (Å²) in [6.07, 6.45) is -0.194. The van der Waals surface area contributed by atoms with Crippen molar-refractivity contribution < 1.29 is 22.1 Å². The van der Waals surface area contributed by atoms with E-state index < -0.39 is 10.1 Å². The molecular formula is C18H20O5S. The van der Waals surface area contributed by atoms with Gasteiger partial charge in [0.1, 0.15) is 6.10 Å². The van der Waals surface area contributed by atoms with E-state index in [0.717, 1.165) is 16.7 Å². The summed E-state index contributed by atoms with van der Waals surface area (Å²) >= 11 is 0. The zero-order valence-electron chi connectivity index (χ0n) is 13.5. The fourth-order valence-electron chi connectivity index (χ4n) is 2.56. The molecule has 1 fully saturated rings. The molecule has 0 aromatic heterocycles. The van der Waals surface area contributed by atoms with Crippen LogP contribution in [0.2, 0.25) is 0 Å². The molecule has 0 amide bonds. The lowest BCUT2D eigenvalue weighted by Crippen LogP contribution is -2.23. The topological polar surface area (TPSA) is 61.8 Å². The first-order chi connectivity index (χ1) is 11.6. The third kappa shape index (κ3) is 4.02. The molecular weight excluding hydrogens is 328 g/mol. The average Bonchev–Trinajstić information content (AvgIpc) is 2.61. The van der Waals surface area contributed by atoms with Gasteiger partial charge in [-0.15, -0.1) is 0 Å². The van der Waals surface area contributed by atoms with E-state index in [1.54, 1.807) is 24.3 Å². The highest BCUT2D eigenvalue weighted by atomic mass is 32.2. The SMILES string of the molecule is Cc1ccc(S(=O)(=O)OCc2ccccc2C2COCCO2)cc1. The van der Waals surface area contributed by atoms with Crippen molar-refractivity contribution in [3.8, 4) is 0 Å². The Balaban J connectivity index is 1.75. The number of hydrogen-bond donors (Lipinski definition) is 0. The summed E-state index contributed by atoms with van der Waals surface area (Å²) in [6, 6.07) is 14.1. The van der Waals surface area contributed by atoms with Crippen molar-refractivity contribution in [3.63, 3.8) is 0 Å². The number of ether oxygens (including phenoxy) is 2. The molecule has 24 heavy (non-hydrogen) atoms. The summed E-state index contributed by atoms with van der Waals surface area (Å²) in [4.78, 5) is 0.155. The lowest BCUT2D eigenvalue weighted by molar-refractivity contribution is -0.0906. The van der Waals surface area contributed by atoms with Crippen LogP contribution in [-0.2, 0) is 30.4 Å². The first-order valence-corrected chi connectivity index (χ1v) is 9.20. The summed E-state index contributed by atoms with van der Waals surface area (Å²) in [5, 5.41) is 0. The van der Waals surface area contributed by atoms with Crippen molar-refractivity contribution in [1.29, 1.82) is 0 Å². The van der Waals surface area contributed by atoms with Crippen LogP contribution in [0.1, 0.15) is 22.8 Å². The molecule has 0 bridgehead atoms. The molecule has 1 aliphatic rings. The van der Waals surface area contributed by atoms with Crippen LogP contribution in [0.5, 0.6) is 0 Å². The van der Waals surface area contributed by atoms with Crippen molar-refractivity contribution in [2.75, 3.05) is 19.8 Å². The smallest absolute Gasteiger partial charge is 0.297 e. The van der Waals surface area contributed by atoms with E-state index in [1.807, 2.05) is 31.2 Å². The van der Waals surface area contributed by atoms with Gasteiger partial charge < -0.3 is 9.47 Å². The number of rotatable bonds is 5. The number of hydrogen-bond acceptors (Lipinski definition) is 5. The van der Waals surface area contributed by atoms with E-state index in [0.29, 0.717) is 19.8 Å². The fourth-order valence-corrected chi connectivity index (χ4v) is 3.45. The normalized spacial score (nSPS) is 18.5. The molecule has 1 atom stereocenters. The summed E-state index contributed by atoms with van der Waals surface area (Å²) in [7, 11) is -3.79. The molecule has 128 valence electrons. The van der Waals surface area contributed by atoms with Crippen LogP contribution in [0.25, 0.3) is 0 Å². The van der Waals surface area contributed by atoms with Crippen LogP contribution in [0, 0.1) is 6.92 Å². The Morgan fingerprint density at radius 3 is 2.54 bits per heavy atom. The maximum Gasteiger partial charge on any atom is 0.297 e. The minimum atomic E-state index is -3.79. The Labute approximate surface area is 142 Å². The first-order valence-electron chi connectivity index (χ1n) is 7.79. The molecule has 1 saturated heterocycles. The molecule has 0 N–H and O–H groups in total. The van der Waals surface area contributed by atoms with E-state index in [9.17, 15) is 8.42 Å². The standard InChI is InChI=1S/C18H20O5S/c1-14-6-8-16(9-7-14)24(19,20)23-12-15-4-2-3-5-17(15)18-13-21-10-11-22-18/h2-9,18H,10-13H2,1H3. The van der Waals surface area contributed by atoms with Crippen LogP contribution in [0.4, 0.5) is 0 Å². The Morgan fingerprint density at radius 1 is 1.08 bits per heavy atom. The first kappa shape index (κ1) is 17.1. The van der Waals surface area contributed by atoms with E-state index in [2.05, 4.69) is 0 Å². The molecule has 1 unspecified atom stereocenters.